The zero-order valence-electron chi connectivity index (χ0n) is 18.2. The Kier molecular flexibility index (Phi) is 30.8. The molecule has 162 valence electrons. The van der Waals surface area contributed by atoms with Crippen molar-refractivity contribution in [2.45, 2.75) is 103 Å². The molecule has 5 nitrogen and oxygen atoms in total. The number of hydrogen-bond acceptors (Lipinski definition) is 3. The Balaban J connectivity index is -0.000000665. The van der Waals surface area contributed by atoms with Crippen molar-refractivity contribution < 1.29 is 74.3 Å². The van der Waals surface area contributed by atoms with E-state index in [4.69, 9.17) is 9.66 Å². The van der Waals surface area contributed by atoms with E-state index in [9.17, 15) is 13.2 Å². The van der Waals surface area contributed by atoms with Gasteiger partial charge in [0.25, 0.3) is 10.1 Å². The van der Waals surface area contributed by atoms with Crippen LogP contribution in [-0.4, -0.2) is 29.8 Å². The molecule has 0 aromatic rings. The van der Waals surface area contributed by atoms with Gasteiger partial charge in [0.2, 0.25) is 0 Å². The van der Waals surface area contributed by atoms with Crippen LogP contribution in [0.3, 0.4) is 0 Å². The molecule has 0 unspecified atom stereocenters. The van der Waals surface area contributed by atoms with Crippen LogP contribution < -0.4 is 51.4 Å². The van der Waals surface area contributed by atoms with Gasteiger partial charge in [0.05, 0.1) is 0 Å². The molecule has 0 bridgehead atoms. The van der Waals surface area contributed by atoms with Crippen molar-refractivity contribution >= 4 is 16.1 Å². The minimum atomic E-state index is -3.74. The van der Waals surface area contributed by atoms with Crippen molar-refractivity contribution in [3.8, 4) is 0 Å². The molecule has 0 aliphatic heterocycles. The van der Waals surface area contributed by atoms with Crippen molar-refractivity contribution in [2.75, 3.05) is 5.75 Å². The fourth-order valence-corrected chi connectivity index (χ4v) is 3.01. The van der Waals surface area contributed by atoms with Crippen LogP contribution >= 0.6 is 0 Å². The standard InChI is InChI=1S/C18H34O2.C3H7O3S.K/c1-2-3-4-5-6-7-8-9-10-11-12-13-14-15-16-17-18(19)20;1-2-3-7(4,5)6;/h16-17H,2-15H2,1H3,(H,19,20);1-3H2,(H,4,5,6);/q;-1;+1. The third kappa shape index (κ3) is 37.5. The van der Waals surface area contributed by atoms with E-state index in [2.05, 4.69) is 13.8 Å². The predicted octanol–water partition coefficient (Wildman–Crippen LogP) is 3.21. The maximum absolute atomic E-state index is 10.2. The molecule has 0 radical (unpaired) electrons. The SMILES string of the molecule is CCCCCCCCCCCCCCCC=CC(=O)O.[CH2-]CCS(=O)(=O)O.[K+]. The number of aliphatic carboxylic acids is 1. The van der Waals surface area contributed by atoms with Crippen LogP contribution in [0.5, 0.6) is 0 Å². The molecule has 7 heteroatoms. The van der Waals surface area contributed by atoms with Gasteiger partial charge in [0.1, 0.15) is 0 Å². The van der Waals surface area contributed by atoms with E-state index in [1.54, 1.807) is 6.08 Å². The number of unbranched alkanes of at least 4 members (excludes halogenated alkanes) is 13. The Labute approximate surface area is 216 Å². The second kappa shape index (κ2) is 25.8. The van der Waals surface area contributed by atoms with Gasteiger partial charge in [-0.2, -0.15) is 14.8 Å². The van der Waals surface area contributed by atoms with Gasteiger partial charge in [-0.05, 0) is 12.8 Å². The summed E-state index contributed by atoms with van der Waals surface area (Å²) in [4.78, 5) is 10.2. The second-order valence-electron chi connectivity index (χ2n) is 6.91. The number of carboxylic acids is 1. The first-order chi connectivity index (χ1) is 12.8. The summed E-state index contributed by atoms with van der Waals surface area (Å²) in [5.74, 6) is -1.08. The van der Waals surface area contributed by atoms with Crippen LogP contribution in [0.2, 0.25) is 0 Å². The zero-order chi connectivity index (χ0) is 20.8. The summed E-state index contributed by atoms with van der Waals surface area (Å²) in [5, 5.41) is 8.43. The molecule has 0 fully saturated rings. The largest absolute Gasteiger partial charge is 1.00 e. The van der Waals surface area contributed by atoms with E-state index in [0.29, 0.717) is 0 Å². The van der Waals surface area contributed by atoms with Crippen LogP contribution in [0, 0.1) is 6.92 Å². The maximum atomic E-state index is 10.2. The summed E-state index contributed by atoms with van der Waals surface area (Å²) in [7, 11) is -3.74. The van der Waals surface area contributed by atoms with Crippen molar-refractivity contribution in [3.63, 3.8) is 0 Å². The Hall–Kier alpha value is 0.756. The summed E-state index contributed by atoms with van der Waals surface area (Å²) in [6, 6.07) is 0. The van der Waals surface area contributed by atoms with Crippen molar-refractivity contribution in [1.29, 1.82) is 0 Å². The average Bonchev–Trinajstić information content (AvgIpc) is 2.57. The molecule has 0 amide bonds. The normalized spacial score (nSPS) is 11.0. The predicted molar refractivity (Wildman–Crippen MR) is 113 cm³/mol. The van der Waals surface area contributed by atoms with Gasteiger partial charge >= 0.3 is 57.4 Å². The number of allylic oxidation sites excluding steroid dienone is 1. The van der Waals surface area contributed by atoms with E-state index < -0.39 is 16.1 Å². The first-order valence-corrected chi connectivity index (χ1v) is 12.1. The molecule has 2 N–H and O–H groups in total. The van der Waals surface area contributed by atoms with Crippen LogP contribution in [0.4, 0.5) is 0 Å². The van der Waals surface area contributed by atoms with E-state index >= 15 is 0 Å². The summed E-state index contributed by atoms with van der Waals surface area (Å²) in [6.45, 7) is 5.50. The quantitative estimate of drug-likeness (QED) is 0.118. The van der Waals surface area contributed by atoms with Gasteiger partial charge < -0.3 is 12.0 Å². The van der Waals surface area contributed by atoms with Gasteiger partial charge in [0.15, 0.2) is 0 Å². The Morgan fingerprint density at radius 1 is 0.857 bits per heavy atom. The molecule has 0 rings (SSSR count). The fourth-order valence-electron chi connectivity index (χ4n) is 2.65. The summed E-state index contributed by atoms with van der Waals surface area (Å²) in [6.07, 6.45) is 21.8. The Bertz CT molecular complexity index is 450. The van der Waals surface area contributed by atoms with Crippen LogP contribution in [0.15, 0.2) is 12.2 Å². The first kappa shape index (κ1) is 33.4. The molecular weight excluding hydrogens is 403 g/mol. The van der Waals surface area contributed by atoms with Crippen LogP contribution in [0.1, 0.15) is 103 Å². The van der Waals surface area contributed by atoms with Gasteiger partial charge in [-0.15, -0.1) is 0 Å². The summed E-state index contributed by atoms with van der Waals surface area (Å²) >= 11 is 0. The van der Waals surface area contributed by atoms with Crippen LogP contribution in [-0.2, 0) is 14.9 Å². The molecule has 0 atom stereocenters. The van der Waals surface area contributed by atoms with Gasteiger partial charge in [-0.25, -0.2) is 4.79 Å². The molecule has 28 heavy (non-hydrogen) atoms. The topological polar surface area (TPSA) is 91.7 Å². The van der Waals surface area contributed by atoms with Gasteiger partial charge in [0, 0.05) is 11.8 Å². The third-order valence-electron chi connectivity index (χ3n) is 4.14. The number of hydrogen-bond donors (Lipinski definition) is 2. The smallest absolute Gasteiger partial charge is 0.478 e. The molecule has 0 aromatic carbocycles. The average molecular weight is 445 g/mol. The number of carbonyl (C=O) groups is 1. The minimum Gasteiger partial charge on any atom is -0.478 e. The summed E-state index contributed by atoms with van der Waals surface area (Å²) < 4.78 is 27.4. The molecular formula is C21H41KO5S. The second-order valence-corrected chi connectivity index (χ2v) is 8.48. The first-order valence-electron chi connectivity index (χ1n) is 10.5. The molecule has 0 heterocycles. The molecule has 0 aliphatic rings. The zero-order valence-corrected chi connectivity index (χ0v) is 22.1. The van der Waals surface area contributed by atoms with Crippen molar-refractivity contribution in [1.82, 2.24) is 0 Å². The van der Waals surface area contributed by atoms with E-state index in [-0.39, 0.29) is 63.6 Å². The third-order valence-corrected chi connectivity index (χ3v) is 4.94. The number of carboxylic acid groups (broad SMARTS) is 1. The van der Waals surface area contributed by atoms with Crippen LogP contribution in [0.25, 0.3) is 0 Å². The Morgan fingerprint density at radius 2 is 1.25 bits per heavy atom. The Morgan fingerprint density at radius 3 is 1.54 bits per heavy atom. The molecule has 0 spiro atoms. The number of rotatable bonds is 17. The van der Waals surface area contributed by atoms with Gasteiger partial charge in [-0.1, -0.05) is 90.0 Å². The fraction of sp³-hybridized carbons (Fsp3) is 0.810. The van der Waals surface area contributed by atoms with E-state index in [1.165, 1.54) is 83.1 Å². The van der Waals surface area contributed by atoms with Crippen molar-refractivity contribution in [2.24, 2.45) is 0 Å². The maximum Gasteiger partial charge on any atom is 1.00 e. The van der Waals surface area contributed by atoms with Gasteiger partial charge in [-0.3, -0.25) is 4.55 Å². The van der Waals surface area contributed by atoms with E-state index in [0.717, 1.165) is 12.8 Å². The van der Waals surface area contributed by atoms with Crippen molar-refractivity contribution in [3.05, 3.63) is 19.1 Å². The molecule has 0 aliphatic carbocycles. The molecule has 0 aromatic heterocycles. The van der Waals surface area contributed by atoms with E-state index in [1.807, 2.05) is 0 Å². The molecule has 0 saturated carbocycles. The minimum absolute atomic E-state index is 0. The molecule has 0 saturated heterocycles. The monoisotopic (exact) mass is 444 g/mol. The summed E-state index contributed by atoms with van der Waals surface area (Å²) in [5.41, 5.74) is 0.